The van der Waals surface area contributed by atoms with Gasteiger partial charge in [0.1, 0.15) is 5.82 Å². The summed E-state index contributed by atoms with van der Waals surface area (Å²) in [5.74, 6) is -0.222. The molecule has 0 aliphatic carbocycles. The van der Waals surface area contributed by atoms with Gasteiger partial charge in [-0.1, -0.05) is 17.7 Å². The lowest BCUT2D eigenvalue weighted by molar-refractivity contribution is 0.0344. The summed E-state index contributed by atoms with van der Waals surface area (Å²) in [6.07, 6.45) is 0.610. The van der Waals surface area contributed by atoms with E-state index in [2.05, 4.69) is 17.1 Å². The Balaban J connectivity index is 1.72. The van der Waals surface area contributed by atoms with Crippen LogP contribution in [0.25, 0.3) is 0 Å². The molecule has 0 bridgehead atoms. The number of hydrogen-bond donors (Lipinski definition) is 1. The Labute approximate surface area is 125 Å². The molecule has 2 rings (SSSR count). The molecule has 0 radical (unpaired) electrons. The van der Waals surface area contributed by atoms with Gasteiger partial charge in [-0.25, -0.2) is 4.39 Å². The highest BCUT2D eigenvalue weighted by Crippen LogP contribution is 2.19. The van der Waals surface area contributed by atoms with Gasteiger partial charge in [-0.15, -0.1) is 0 Å². The minimum absolute atomic E-state index is 0.222. The average Bonchev–Trinajstić information content (AvgIpc) is 2.43. The highest BCUT2D eigenvalue weighted by Gasteiger charge is 2.13. The van der Waals surface area contributed by atoms with E-state index in [1.165, 1.54) is 6.07 Å². The molecule has 1 saturated heterocycles. The lowest BCUT2D eigenvalue weighted by atomic mass is 10.1. The van der Waals surface area contributed by atoms with E-state index in [0.29, 0.717) is 23.0 Å². The molecule has 0 saturated carbocycles. The van der Waals surface area contributed by atoms with Crippen molar-refractivity contribution in [2.24, 2.45) is 0 Å². The van der Waals surface area contributed by atoms with Gasteiger partial charge in [-0.3, -0.25) is 4.90 Å². The lowest BCUT2D eigenvalue weighted by Gasteiger charge is -2.29. The molecule has 112 valence electrons. The fourth-order valence-electron chi connectivity index (χ4n) is 2.45. The predicted octanol–water partition coefficient (Wildman–Crippen LogP) is 2.33. The molecule has 0 aromatic heterocycles. The molecule has 0 spiro atoms. The molecule has 20 heavy (non-hydrogen) atoms. The molecule has 1 heterocycles. The number of benzene rings is 1. The Morgan fingerprint density at radius 1 is 1.40 bits per heavy atom. The van der Waals surface area contributed by atoms with E-state index in [4.69, 9.17) is 16.3 Å². The molecule has 1 aromatic carbocycles. The number of morpholine rings is 1. The van der Waals surface area contributed by atoms with E-state index in [0.717, 1.165) is 39.4 Å². The molecular weight excluding hydrogens is 279 g/mol. The second kappa shape index (κ2) is 7.93. The first-order valence-corrected chi connectivity index (χ1v) is 7.51. The van der Waals surface area contributed by atoms with Crippen molar-refractivity contribution in [3.8, 4) is 0 Å². The molecule has 1 unspecified atom stereocenters. The van der Waals surface area contributed by atoms with Crippen LogP contribution in [0.3, 0.4) is 0 Å². The molecule has 1 N–H and O–H groups in total. The third-order valence-corrected chi connectivity index (χ3v) is 3.92. The zero-order valence-corrected chi connectivity index (χ0v) is 12.6. The zero-order valence-electron chi connectivity index (χ0n) is 11.9. The largest absolute Gasteiger partial charge is 0.379 e. The summed E-state index contributed by atoms with van der Waals surface area (Å²) >= 11 is 6.01. The Hall–Kier alpha value is -0.680. The number of hydrogen-bond acceptors (Lipinski definition) is 3. The van der Waals surface area contributed by atoms with E-state index in [9.17, 15) is 4.39 Å². The van der Waals surface area contributed by atoms with Crippen molar-refractivity contribution in [1.29, 1.82) is 0 Å². The Bertz CT molecular complexity index is 404. The lowest BCUT2D eigenvalue weighted by Crippen LogP contribution is -2.44. The molecule has 3 nitrogen and oxygen atoms in total. The van der Waals surface area contributed by atoms with Crippen molar-refractivity contribution in [1.82, 2.24) is 10.2 Å². The van der Waals surface area contributed by atoms with Gasteiger partial charge in [-0.2, -0.15) is 0 Å². The van der Waals surface area contributed by atoms with Crippen LogP contribution in [0.15, 0.2) is 18.2 Å². The van der Waals surface area contributed by atoms with Gasteiger partial charge in [0.2, 0.25) is 0 Å². The maximum atomic E-state index is 13.6. The maximum absolute atomic E-state index is 13.6. The van der Waals surface area contributed by atoms with E-state index in [1.807, 2.05) is 0 Å². The van der Waals surface area contributed by atoms with Crippen LogP contribution >= 0.6 is 11.6 Å². The van der Waals surface area contributed by atoms with Crippen LogP contribution in [0, 0.1) is 5.82 Å². The van der Waals surface area contributed by atoms with Crippen LogP contribution in [0.4, 0.5) is 4.39 Å². The first-order valence-electron chi connectivity index (χ1n) is 7.13. The smallest absolute Gasteiger partial charge is 0.127 e. The number of rotatable bonds is 6. The van der Waals surface area contributed by atoms with Crippen LogP contribution in [0.1, 0.15) is 12.5 Å². The monoisotopic (exact) mass is 300 g/mol. The van der Waals surface area contributed by atoms with Gasteiger partial charge in [0, 0.05) is 36.3 Å². The first kappa shape index (κ1) is 15.7. The second-order valence-electron chi connectivity index (χ2n) is 5.22. The molecule has 1 aliphatic heterocycles. The molecule has 1 fully saturated rings. The topological polar surface area (TPSA) is 24.5 Å². The van der Waals surface area contributed by atoms with Crippen molar-refractivity contribution >= 4 is 11.6 Å². The standard InChI is InChI=1S/C15H22ClFN2O/c1-12(11-19-7-9-20-10-8-19)18-6-5-13-14(16)3-2-4-15(13)17/h2-4,12,18H,5-11H2,1H3. The summed E-state index contributed by atoms with van der Waals surface area (Å²) in [6, 6.07) is 5.20. The van der Waals surface area contributed by atoms with Crippen LogP contribution in [0.5, 0.6) is 0 Å². The summed E-state index contributed by atoms with van der Waals surface area (Å²) in [4.78, 5) is 2.39. The van der Waals surface area contributed by atoms with Crippen LogP contribution in [-0.4, -0.2) is 50.3 Å². The maximum Gasteiger partial charge on any atom is 0.127 e. The Kier molecular flexibility index (Phi) is 6.23. The van der Waals surface area contributed by atoms with Crippen molar-refractivity contribution in [3.63, 3.8) is 0 Å². The third kappa shape index (κ3) is 4.70. The second-order valence-corrected chi connectivity index (χ2v) is 5.63. The van der Waals surface area contributed by atoms with Gasteiger partial charge in [0.15, 0.2) is 0 Å². The molecule has 1 aliphatic rings. The highest BCUT2D eigenvalue weighted by atomic mass is 35.5. The van der Waals surface area contributed by atoms with Gasteiger partial charge in [0.25, 0.3) is 0 Å². The van der Waals surface area contributed by atoms with E-state index in [-0.39, 0.29) is 5.82 Å². The summed E-state index contributed by atoms with van der Waals surface area (Å²) < 4.78 is 18.9. The van der Waals surface area contributed by atoms with Gasteiger partial charge < -0.3 is 10.1 Å². The molecular formula is C15H22ClFN2O. The minimum Gasteiger partial charge on any atom is -0.379 e. The highest BCUT2D eigenvalue weighted by molar-refractivity contribution is 6.31. The molecule has 1 atom stereocenters. The van der Waals surface area contributed by atoms with Crippen LogP contribution in [0.2, 0.25) is 5.02 Å². The summed E-state index contributed by atoms with van der Waals surface area (Å²) in [5, 5.41) is 3.93. The van der Waals surface area contributed by atoms with E-state index < -0.39 is 0 Å². The Morgan fingerprint density at radius 3 is 2.85 bits per heavy atom. The summed E-state index contributed by atoms with van der Waals surface area (Å²) in [5.41, 5.74) is 0.597. The number of nitrogens with one attached hydrogen (secondary N) is 1. The van der Waals surface area contributed by atoms with Crippen LogP contribution in [-0.2, 0) is 11.2 Å². The third-order valence-electron chi connectivity index (χ3n) is 3.57. The van der Waals surface area contributed by atoms with Crippen molar-refractivity contribution in [2.75, 3.05) is 39.4 Å². The quantitative estimate of drug-likeness (QED) is 0.873. The van der Waals surface area contributed by atoms with E-state index in [1.54, 1.807) is 12.1 Å². The fourth-order valence-corrected chi connectivity index (χ4v) is 2.71. The first-order chi connectivity index (χ1) is 9.66. The van der Waals surface area contributed by atoms with Crippen molar-refractivity contribution < 1.29 is 9.13 Å². The summed E-state index contributed by atoms with van der Waals surface area (Å²) in [7, 11) is 0. The normalized spacial score (nSPS) is 18.1. The molecule has 0 amide bonds. The van der Waals surface area contributed by atoms with Gasteiger partial charge in [-0.05, 0) is 32.0 Å². The number of ether oxygens (including phenoxy) is 1. The predicted molar refractivity (Wildman–Crippen MR) is 79.8 cm³/mol. The van der Waals surface area contributed by atoms with Crippen LogP contribution < -0.4 is 5.32 Å². The Morgan fingerprint density at radius 2 is 2.15 bits per heavy atom. The fraction of sp³-hybridized carbons (Fsp3) is 0.600. The number of nitrogens with zero attached hydrogens (tertiary/aromatic N) is 1. The van der Waals surface area contributed by atoms with Crippen molar-refractivity contribution in [3.05, 3.63) is 34.6 Å². The molecule has 1 aromatic rings. The van der Waals surface area contributed by atoms with E-state index >= 15 is 0 Å². The average molecular weight is 301 g/mol. The van der Waals surface area contributed by atoms with Gasteiger partial charge >= 0.3 is 0 Å². The SMILES string of the molecule is CC(CN1CCOCC1)NCCc1c(F)cccc1Cl. The minimum atomic E-state index is -0.222. The number of halogens is 2. The van der Waals surface area contributed by atoms with Crippen molar-refractivity contribution in [2.45, 2.75) is 19.4 Å². The summed E-state index contributed by atoms with van der Waals surface area (Å²) in [6.45, 7) is 7.49. The van der Waals surface area contributed by atoms with Gasteiger partial charge in [0.05, 0.1) is 13.2 Å². The molecule has 5 heteroatoms. The zero-order chi connectivity index (χ0) is 14.4.